The summed E-state index contributed by atoms with van der Waals surface area (Å²) in [5.74, 6) is 4.46. The van der Waals surface area contributed by atoms with Crippen molar-refractivity contribution in [2.24, 2.45) is 52.3 Å². The highest BCUT2D eigenvalue weighted by Gasteiger charge is 2.59. The Labute approximate surface area is 191 Å². The highest BCUT2D eigenvalue weighted by Crippen LogP contribution is 2.66. The number of aliphatic hydroxyl groups excluding tert-OH is 2. The van der Waals surface area contributed by atoms with Crippen molar-refractivity contribution < 1.29 is 10.2 Å². The summed E-state index contributed by atoms with van der Waals surface area (Å²) in [6, 6.07) is 0. The molecule has 0 heterocycles. The van der Waals surface area contributed by atoms with Gasteiger partial charge in [-0.05, 0) is 103 Å². The Bertz CT molecular complexity index is 708. The lowest BCUT2D eigenvalue weighted by molar-refractivity contribution is -0.0495. The van der Waals surface area contributed by atoms with E-state index in [1.54, 1.807) is 0 Å². The molecule has 0 radical (unpaired) electrons. The van der Waals surface area contributed by atoms with Crippen molar-refractivity contribution in [1.29, 1.82) is 0 Å². The van der Waals surface area contributed by atoms with Gasteiger partial charge in [0.1, 0.15) is 0 Å². The van der Waals surface area contributed by atoms with E-state index in [4.69, 9.17) is 0 Å². The second-order valence-electron chi connectivity index (χ2n) is 12.6. The topological polar surface area (TPSA) is 40.5 Å². The lowest BCUT2D eigenvalue weighted by atomic mass is 9.48. The van der Waals surface area contributed by atoms with Gasteiger partial charge >= 0.3 is 0 Å². The summed E-state index contributed by atoms with van der Waals surface area (Å²) in [5.41, 5.74) is 2.00. The summed E-state index contributed by atoms with van der Waals surface area (Å²) < 4.78 is 0. The first-order valence-electron chi connectivity index (χ1n) is 13.4. The van der Waals surface area contributed by atoms with Crippen molar-refractivity contribution in [2.45, 2.75) is 105 Å². The van der Waals surface area contributed by atoms with E-state index in [9.17, 15) is 10.2 Å². The molecule has 10 atom stereocenters. The van der Waals surface area contributed by atoms with Crippen molar-refractivity contribution >= 4 is 0 Å². The maximum absolute atomic E-state index is 11.2. The quantitative estimate of drug-likeness (QED) is 0.490. The van der Waals surface area contributed by atoms with E-state index < -0.39 is 0 Å². The average molecular weight is 429 g/mol. The minimum atomic E-state index is -0.255. The molecule has 0 amide bonds. The first-order chi connectivity index (χ1) is 14.6. The fourth-order valence-corrected chi connectivity index (χ4v) is 8.75. The third-order valence-electron chi connectivity index (χ3n) is 11.0. The van der Waals surface area contributed by atoms with Crippen LogP contribution >= 0.6 is 0 Å². The van der Waals surface area contributed by atoms with Crippen LogP contribution in [0.15, 0.2) is 23.8 Å². The van der Waals surface area contributed by atoms with Crippen LogP contribution in [-0.2, 0) is 0 Å². The second kappa shape index (κ2) is 8.64. The Morgan fingerprint density at radius 2 is 1.77 bits per heavy atom. The number of rotatable bonds is 6. The lowest BCUT2D eigenvalue weighted by Crippen LogP contribution is -2.50. The van der Waals surface area contributed by atoms with E-state index in [2.05, 4.69) is 59.8 Å². The van der Waals surface area contributed by atoms with Crippen LogP contribution < -0.4 is 0 Å². The maximum atomic E-state index is 11.2. The Morgan fingerprint density at radius 3 is 2.45 bits per heavy atom. The van der Waals surface area contributed by atoms with Gasteiger partial charge in [0.2, 0.25) is 0 Å². The molecule has 0 saturated heterocycles. The minimum absolute atomic E-state index is 0.167. The van der Waals surface area contributed by atoms with E-state index in [0.29, 0.717) is 35.0 Å². The molecule has 2 heteroatoms. The van der Waals surface area contributed by atoms with Crippen LogP contribution in [0.25, 0.3) is 0 Å². The van der Waals surface area contributed by atoms with E-state index in [1.807, 2.05) is 0 Å². The smallest absolute Gasteiger partial charge is 0.0727 e. The van der Waals surface area contributed by atoms with Crippen molar-refractivity contribution in [3.63, 3.8) is 0 Å². The van der Waals surface area contributed by atoms with Crippen molar-refractivity contribution in [2.75, 3.05) is 0 Å². The van der Waals surface area contributed by atoms with Gasteiger partial charge in [-0.3, -0.25) is 0 Å². The average Bonchev–Trinajstić information content (AvgIpc) is 3.08. The second-order valence-corrected chi connectivity index (χ2v) is 12.6. The summed E-state index contributed by atoms with van der Waals surface area (Å²) in [4.78, 5) is 0. The summed E-state index contributed by atoms with van der Waals surface area (Å²) >= 11 is 0. The van der Waals surface area contributed by atoms with E-state index in [1.165, 1.54) is 37.7 Å². The third kappa shape index (κ3) is 3.88. The van der Waals surface area contributed by atoms with Gasteiger partial charge < -0.3 is 10.2 Å². The monoisotopic (exact) mass is 428 g/mol. The van der Waals surface area contributed by atoms with E-state index in [0.717, 1.165) is 31.1 Å². The highest BCUT2D eigenvalue weighted by molar-refractivity contribution is 5.36. The Balaban J connectivity index is 1.53. The van der Waals surface area contributed by atoms with Crippen molar-refractivity contribution in [3.8, 4) is 0 Å². The molecular formula is C29H48O2. The maximum Gasteiger partial charge on any atom is 0.0727 e. The largest absolute Gasteiger partial charge is 0.393 e. The molecule has 0 bridgehead atoms. The fraction of sp³-hybridized carbons (Fsp3) is 0.862. The summed E-state index contributed by atoms with van der Waals surface area (Å²) in [7, 11) is 0. The Kier molecular flexibility index (Phi) is 6.56. The molecule has 4 aliphatic carbocycles. The van der Waals surface area contributed by atoms with Gasteiger partial charge in [-0.2, -0.15) is 0 Å². The van der Waals surface area contributed by atoms with Gasteiger partial charge in [-0.15, -0.1) is 0 Å². The number of hydrogen-bond donors (Lipinski definition) is 2. The predicted octanol–water partition coefficient (Wildman–Crippen LogP) is 6.77. The highest BCUT2D eigenvalue weighted by atomic mass is 16.3. The molecule has 2 saturated carbocycles. The molecule has 0 aromatic carbocycles. The van der Waals surface area contributed by atoms with Gasteiger partial charge in [0, 0.05) is 0 Å². The minimum Gasteiger partial charge on any atom is -0.393 e. The molecule has 0 aromatic heterocycles. The zero-order chi connectivity index (χ0) is 22.6. The first-order valence-corrected chi connectivity index (χ1v) is 13.4. The molecule has 31 heavy (non-hydrogen) atoms. The molecule has 2 fully saturated rings. The normalized spacial score (nSPS) is 44.8. The fourth-order valence-electron chi connectivity index (χ4n) is 8.75. The molecule has 4 aliphatic rings. The summed E-state index contributed by atoms with van der Waals surface area (Å²) in [5, 5.41) is 21.4. The molecular weight excluding hydrogens is 380 g/mol. The molecule has 0 unspecified atom stereocenters. The number of fused-ring (bicyclic) bond motifs is 5. The Hall–Kier alpha value is -0.600. The molecule has 2 N–H and O–H groups in total. The van der Waals surface area contributed by atoms with Gasteiger partial charge in [0.15, 0.2) is 0 Å². The van der Waals surface area contributed by atoms with Crippen LogP contribution in [-0.4, -0.2) is 22.4 Å². The standard InChI is InChI=1S/C29H48O2/c1-7-20(18(2)3)16-27(31)19(4)24-10-11-25-23-9-8-21-17-22(30)12-14-28(21,5)26(23)13-15-29(24,25)6/h8-9,17-20,22-27,30-31H,7,10-16H2,1-6H3/t19-,20+,22-,23-,24+,25-,26-,27+,28-,29+/m0/s1. The van der Waals surface area contributed by atoms with Crippen LogP contribution in [0.5, 0.6) is 0 Å². The van der Waals surface area contributed by atoms with Gasteiger partial charge in [-0.25, -0.2) is 0 Å². The SMILES string of the molecule is CC[C@H](C[C@@H](O)[C@@H](C)[C@H]1CC[C@H]2[C@@H]3C=CC4=C[C@@H](O)CC[C@]4(C)[C@H]3CC[C@]12C)C(C)C. The number of aliphatic hydroxyl groups is 2. The van der Waals surface area contributed by atoms with Crippen molar-refractivity contribution in [3.05, 3.63) is 23.8 Å². The molecule has 2 nitrogen and oxygen atoms in total. The van der Waals surface area contributed by atoms with E-state index in [-0.39, 0.29) is 17.6 Å². The Morgan fingerprint density at radius 1 is 1.03 bits per heavy atom. The van der Waals surface area contributed by atoms with Gasteiger partial charge in [0.25, 0.3) is 0 Å². The van der Waals surface area contributed by atoms with Crippen LogP contribution in [0.1, 0.15) is 92.9 Å². The molecule has 0 aliphatic heterocycles. The molecule has 0 spiro atoms. The summed E-state index contributed by atoms with van der Waals surface area (Å²) in [6.07, 6.45) is 16.0. The number of hydrogen-bond acceptors (Lipinski definition) is 2. The van der Waals surface area contributed by atoms with Crippen LogP contribution in [0.3, 0.4) is 0 Å². The third-order valence-corrected chi connectivity index (χ3v) is 11.0. The first kappa shape index (κ1) is 23.6. The lowest BCUT2D eigenvalue weighted by Gasteiger charge is -2.57. The molecule has 0 aromatic rings. The van der Waals surface area contributed by atoms with Gasteiger partial charge in [-0.1, -0.05) is 66.2 Å². The van der Waals surface area contributed by atoms with Crippen molar-refractivity contribution in [1.82, 2.24) is 0 Å². The van der Waals surface area contributed by atoms with E-state index >= 15 is 0 Å². The van der Waals surface area contributed by atoms with Crippen LogP contribution in [0, 0.1) is 52.3 Å². The zero-order valence-electron chi connectivity index (χ0n) is 21.0. The van der Waals surface area contributed by atoms with Gasteiger partial charge in [0.05, 0.1) is 12.2 Å². The molecule has 4 rings (SSSR count). The van der Waals surface area contributed by atoms with Crippen LogP contribution in [0.4, 0.5) is 0 Å². The van der Waals surface area contributed by atoms with Crippen LogP contribution in [0.2, 0.25) is 0 Å². The predicted molar refractivity (Wildman–Crippen MR) is 130 cm³/mol. The number of allylic oxidation sites excluding steroid dienone is 3. The molecule has 176 valence electrons. The summed E-state index contributed by atoms with van der Waals surface area (Å²) in [6.45, 7) is 14.3. The zero-order valence-corrected chi connectivity index (χ0v) is 21.0.